The molecule has 0 bridgehead atoms. The number of nitrogens with two attached hydrogens (primary N) is 1. The molecule has 0 radical (unpaired) electrons. The van der Waals surface area contributed by atoms with Crippen LogP contribution < -0.4 is 36.5 Å². The van der Waals surface area contributed by atoms with Gasteiger partial charge in [-0.05, 0) is 18.6 Å². The van der Waals surface area contributed by atoms with E-state index in [1.165, 1.54) is 0 Å². The Morgan fingerprint density at radius 2 is 2.06 bits per heavy atom. The summed E-state index contributed by atoms with van der Waals surface area (Å²) in [6.45, 7) is 7.54. The molecule has 1 aromatic rings. The van der Waals surface area contributed by atoms with Crippen LogP contribution in [0.3, 0.4) is 0 Å². The average Bonchev–Trinajstić information content (AvgIpc) is 3.38. The second-order valence-electron chi connectivity index (χ2n) is 9.12. The highest BCUT2D eigenvalue weighted by Gasteiger charge is 2.37. The molecular weight excluding hydrogens is 452 g/mol. The zero-order valence-electron chi connectivity index (χ0n) is 20.2. The molecule has 35 heavy (non-hydrogen) atoms. The first kappa shape index (κ1) is 24.1. The van der Waals surface area contributed by atoms with Crippen LogP contribution in [0.5, 0.6) is 11.5 Å². The summed E-state index contributed by atoms with van der Waals surface area (Å²) < 4.78 is 17.3. The molecule has 4 aliphatic heterocycles. The van der Waals surface area contributed by atoms with Crippen molar-refractivity contribution in [3.63, 3.8) is 0 Å². The number of nitrogens with zero attached hydrogens (tertiary/aromatic N) is 3. The first-order valence-corrected chi connectivity index (χ1v) is 12.4. The lowest BCUT2D eigenvalue weighted by Crippen LogP contribution is -2.63. The van der Waals surface area contributed by atoms with E-state index in [1.54, 1.807) is 7.11 Å². The standard InChI is InChI=1S/C23H36N8O4/c1-33-19-17(35-10-2-6-30-8-11-34-12-9-30)4-3-16-18(19)28-23(31-7-5-25-20(16)31)29-21(32)15-13-26-22(24)27-14-15/h3-4,15,22-23,26-28H,2,5-14,24H2,1H3,(H,29,32). The van der Waals surface area contributed by atoms with Crippen molar-refractivity contribution in [1.29, 1.82) is 0 Å². The van der Waals surface area contributed by atoms with E-state index in [0.717, 1.165) is 62.9 Å². The number of benzene rings is 1. The molecule has 2 fully saturated rings. The molecule has 0 aliphatic carbocycles. The molecule has 12 heteroatoms. The van der Waals surface area contributed by atoms with Crippen LogP contribution in [0.15, 0.2) is 17.1 Å². The highest BCUT2D eigenvalue weighted by atomic mass is 16.5. The largest absolute Gasteiger partial charge is 0.491 e. The smallest absolute Gasteiger partial charge is 0.228 e. The number of amides is 1. The summed E-state index contributed by atoms with van der Waals surface area (Å²) in [7, 11) is 1.64. The molecule has 4 aliphatic rings. The highest BCUT2D eigenvalue weighted by molar-refractivity contribution is 6.08. The molecule has 1 aromatic carbocycles. The Labute approximate surface area is 205 Å². The summed E-state index contributed by atoms with van der Waals surface area (Å²) >= 11 is 0. The number of hydrogen-bond donors (Lipinski definition) is 5. The molecule has 1 atom stereocenters. The lowest BCUT2D eigenvalue weighted by Gasteiger charge is -2.39. The quantitative estimate of drug-likeness (QED) is 0.282. The zero-order chi connectivity index (χ0) is 24.2. The van der Waals surface area contributed by atoms with Gasteiger partial charge >= 0.3 is 0 Å². The molecule has 5 rings (SSSR count). The number of carbonyl (C=O) groups excluding carboxylic acids is 1. The summed E-state index contributed by atoms with van der Waals surface area (Å²) in [5.74, 6) is 1.87. The van der Waals surface area contributed by atoms with Crippen LogP contribution >= 0.6 is 0 Å². The van der Waals surface area contributed by atoms with Crippen molar-refractivity contribution in [3.8, 4) is 11.5 Å². The van der Waals surface area contributed by atoms with Crippen LogP contribution in [0.1, 0.15) is 12.0 Å². The molecule has 2 saturated heterocycles. The van der Waals surface area contributed by atoms with E-state index < -0.39 is 6.29 Å². The predicted octanol–water partition coefficient (Wildman–Crippen LogP) is -1.26. The number of rotatable bonds is 8. The molecule has 0 aromatic heterocycles. The SMILES string of the molecule is COc1c(OCCCN2CCOCC2)ccc2c1NC(NC(=O)C1CNC(N)NC1)N1CCN=C21. The van der Waals surface area contributed by atoms with Crippen molar-refractivity contribution >= 4 is 17.4 Å². The summed E-state index contributed by atoms with van der Waals surface area (Å²) in [4.78, 5) is 22.2. The van der Waals surface area contributed by atoms with Crippen LogP contribution in [0, 0.1) is 5.92 Å². The van der Waals surface area contributed by atoms with Gasteiger partial charge in [-0.15, -0.1) is 0 Å². The van der Waals surface area contributed by atoms with E-state index in [-0.39, 0.29) is 18.1 Å². The Balaban J connectivity index is 1.27. The van der Waals surface area contributed by atoms with Gasteiger partial charge in [-0.1, -0.05) is 0 Å². The maximum Gasteiger partial charge on any atom is 0.228 e. The minimum atomic E-state index is -0.433. The van der Waals surface area contributed by atoms with Crippen LogP contribution in [0.2, 0.25) is 0 Å². The fourth-order valence-electron chi connectivity index (χ4n) is 4.91. The topological polar surface area (TPSA) is 138 Å². The van der Waals surface area contributed by atoms with E-state index in [0.29, 0.717) is 37.7 Å². The lowest BCUT2D eigenvalue weighted by atomic mass is 10.1. The van der Waals surface area contributed by atoms with Crippen molar-refractivity contribution in [2.75, 3.05) is 78.1 Å². The van der Waals surface area contributed by atoms with E-state index in [1.807, 2.05) is 12.1 Å². The van der Waals surface area contributed by atoms with Gasteiger partial charge in [0.25, 0.3) is 0 Å². The molecule has 12 nitrogen and oxygen atoms in total. The monoisotopic (exact) mass is 488 g/mol. The average molecular weight is 489 g/mol. The number of ether oxygens (including phenoxy) is 3. The lowest BCUT2D eigenvalue weighted by molar-refractivity contribution is -0.126. The number of nitrogens with one attached hydrogen (secondary N) is 4. The fourth-order valence-corrected chi connectivity index (χ4v) is 4.91. The number of amidine groups is 1. The predicted molar refractivity (Wildman–Crippen MR) is 131 cm³/mol. The molecular formula is C23H36N8O4. The number of morpholine rings is 1. The first-order chi connectivity index (χ1) is 17.1. The summed E-state index contributed by atoms with van der Waals surface area (Å²) in [6.07, 6.45) is 0.199. The molecule has 4 heterocycles. The van der Waals surface area contributed by atoms with Crippen molar-refractivity contribution in [3.05, 3.63) is 17.7 Å². The maximum atomic E-state index is 13.0. The second-order valence-corrected chi connectivity index (χ2v) is 9.12. The van der Waals surface area contributed by atoms with Crippen LogP contribution in [0.4, 0.5) is 5.69 Å². The van der Waals surface area contributed by atoms with Gasteiger partial charge < -0.3 is 35.5 Å². The molecule has 1 amide bonds. The van der Waals surface area contributed by atoms with Crippen molar-refractivity contribution in [2.45, 2.75) is 19.0 Å². The van der Waals surface area contributed by atoms with Gasteiger partial charge in [0, 0.05) is 44.8 Å². The highest BCUT2D eigenvalue weighted by Crippen LogP contribution is 2.42. The van der Waals surface area contributed by atoms with Gasteiger partial charge in [-0.3, -0.25) is 25.3 Å². The Hall–Kier alpha value is -2.64. The third-order valence-electron chi connectivity index (χ3n) is 6.83. The van der Waals surface area contributed by atoms with Crippen molar-refractivity contribution in [1.82, 2.24) is 25.8 Å². The van der Waals surface area contributed by atoms with Crippen LogP contribution in [-0.4, -0.2) is 107 Å². The van der Waals surface area contributed by atoms with Crippen molar-refractivity contribution < 1.29 is 19.0 Å². The van der Waals surface area contributed by atoms with Gasteiger partial charge in [0.05, 0.1) is 45.1 Å². The van der Waals surface area contributed by atoms with Gasteiger partial charge in [-0.25, -0.2) is 0 Å². The first-order valence-electron chi connectivity index (χ1n) is 12.4. The van der Waals surface area contributed by atoms with Gasteiger partial charge in [-0.2, -0.15) is 0 Å². The van der Waals surface area contributed by atoms with Crippen LogP contribution in [0.25, 0.3) is 0 Å². The summed E-state index contributed by atoms with van der Waals surface area (Å²) in [5.41, 5.74) is 7.53. The normalized spacial score (nSPS) is 26.3. The Bertz CT molecular complexity index is 930. The maximum absolute atomic E-state index is 13.0. The number of anilines is 1. The molecule has 6 N–H and O–H groups in total. The zero-order valence-corrected chi connectivity index (χ0v) is 20.2. The minimum Gasteiger partial charge on any atom is -0.491 e. The molecule has 192 valence electrons. The third kappa shape index (κ3) is 5.31. The number of aliphatic imine (C=N–C) groups is 1. The molecule has 0 saturated carbocycles. The number of fused-ring (bicyclic) bond motifs is 3. The second kappa shape index (κ2) is 11.0. The number of hydrogen-bond acceptors (Lipinski definition) is 11. The van der Waals surface area contributed by atoms with E-state index >= 15 is 0 Å². The molecule has 0 spiro atoms. The van der Waals surface area contributed by atoms with E-state index in [9.17, 15) is 4.79 Å². The third-order valence-corrected chi connectivity index (χ3v) is 6.83. The Morgan fingerprint density at radius 1 is 1.26 bits per heavy atom. The summed E-state index contributed by atoms with van der Waals surface area (Å²) in [6, 6.07) is 3.95. The van der Waals surface area contributed by atoms with Gasteiger partial charge in [0.2, 0.25) is 5.91 Å². The number of carbonyl (C=O) groups is 1. The minimum absolute atomic E-state index is 0.0569. The Kier molecular flexibility index (Phi) is 7.54. The Morgan fingerprint density at radius 3 is 2.83 bits per heavy atom. The fraction of sp³-hybridized carbons (Fsp3) is 0.652. The summed E-state index contributed by atoms with van der Waals surface area (Å²) in [5, 5.41) is 12.8. The van der Waals surface area contributed by atoms with E-state index in [4.69, 9.17) is 24.9 Å². The van der Waals surface area contributed by atoms with Crippen LogP contribution in [-0.2, 0) is 9.53 Å². The van der Waals surface area contributed by atoms with Gasteiger partial charge in [0.1, 0.15) is 12.1 Å². The van der Waals surface area contributed by atoms with Crippen molar-refractivity contribution in [2.24, 2.45) is 16.6 Å². The molecule has 1 unspecified atom stereocenters. The van der Waals surface area contributed by atoms with Gasteiger partial charge in [0.15, 0.2) is 17.8 Å². The number of methoxy groups -OCH3 is 1. The van der Waals surface area contributed by atoms with E-state index in [2.05, 4.69) is 31.1 Å².